The molecule has 22 heavy (non-hydrogen) atoms. The van der Waals surface area contributed by atoms with Gasteiger partial charge in [-0.1, -0.05) is 23.7 Å². The first-order valence-electron chi connectivity index (χ1n) is 7.37. The highest BCUT2D eigenvalue weighted by Gasteiger charge is 2.41. The number of carbonyl (C=O) groups excluding carboxylic acids is 1. The smallest absolute Gasteiger partial charge is 0.227 e. The number of rotatable bonds is 4. The Morgan fingerprint density at radius 3 is 2.59 bits per heavy atom. The first-order valence-corrected chi connectivity index (χ1v) is 7.75. The number of likely N-dealkylation sites (N-methyl/N-ethyl adjacent to an activating group) is 1. The van der Waals surface area contributed by atoms with Gasteiger partial charge in [0, 0.05) is 24.7 Å². The highest BCUT2D eigenvalue weighted by atomic mass is 35.5. The van der Waals surface area contributed by atoms with Gasteiger partial charge in [-0.3, -0.25) is 4.79 Å². The second-order valence-electron chi connectivity index (χ2n) is 6.25. The van der Waals surface area contributed by atoms with Crippen LogP contribution in [0.1, 0.15) is 12.0 Å². The molecule has 0 spiro atoms. The van der Waals surface area contributed by atoms with Crippen LogP contribution in [0.4, 0.5) is 0 Å². The van der Waals surface area contributed by atoms with E-state index in [9.17, 15) is 15.0 Å². The summed E-state index contributed by atoms with van der Waals surface area (Å²) < 4.78 is 0. The molecule has 6 heteroatoms. The molecule has 1 aliphatic rings. The molecule has 1 aromatic rings. The molecule has 1 heterocycles. The van der Waals surface area contributed by atoms with E-state index in [0.29, 0.717) is 24.5 Å². The number of aliphatic hydroxyl groups is 2. The summed E-state index contributed by atoms with van der Waals surface area (Å²) in [6.07, 6.45) is -0.285. The van der Waals surface area contributed by atoms with E-state index in [1.54, 1.807) is 17.0 Å². The maximum Gasteiger partial charge on any atom is 0.227 e. The molecular formula is C16H23ClN2O3. The number of nitrogens with zero attached hydrogens (tertiary/aromatic N) is 2. The van der Waals surface area contributed by atoms with Gasteiger partial charge in [-0.25, -0.2) is 0 Å². The van der Waals surface area contributed by atoms with E-state index < -0.39 is 11.7 Å². The van der Waals surface area contributed by atoms with Gasteiger partial charge in [-0.2, -0.15) is 0 Å². The Morgan fingerprint density at radius 2 is 2.05 bits per heavy atom. The Kier molecular flexibility index (Phi) is 5.45. The van der Waals surface area contributed by atoms with Crippen molar-refractivity contribution in [2.24, 2.45) is 0 Å². The van der Waals surface area contributed by atoms with E-state index in [4.69, 9.17) is 11.6 Å². The number of piperidine rings is 1. The van der Waals surface area contributed by atoms with E-state index in [1.165, 1.54) is 0 Å². The van der Waals surface area contributed by atoms with Crippen LogP contribution in [-0.4, -0.2) is 71.4 Å². The molecule has 0 saturated carbocycles. The number of carbonyl (C=O) groups is 1. The topological polar surface area (TPSA) is 64.0 Å². The Morgan fingerprint density at radius 1 is 1.41 bits per heavy atom. The third kappa shape index (κ3) is 4.20. The maximum absolute atomic E-state index is 12.3. The highest BCUT2D eigenvalue weighted by Crippen LogP contribution is 2.24. The first kappa shape index (κ1) is 17.2. The van der Waals surface area contributed by atoms with Crippen molar-refractivity contribution in [1.29, 1.82) is 0 Å². The predicted molar refractivity (Wildman–Crippen MR) is 85.9 cm³/mol. The summed E-state index contributed by atoms with van der Waals surface area (Å²) in [6.45, 7) is 0.998. The van der Waals surface area contributed by atoms with Gasteiger partial charge in [-0.05, 0) is 38.2 Å². The van der Waals surface area contributed by atoms with Crippen LogP contribution >= 0.6 is 11.6 Å². The van der Waals surface area contributed by atoms with Crippen molar-refractivity contribution in [3.05, 3.63) is 34.9 Å². The molecule has 0 aromatic heterocycles. The summed E-state index contributed by atoms with van der Waals surface area (Å²) in [5, 5.41) is 21.3. The van der Waals surface area contributed by atoms with Crippen molar-refractivity contribution in [1.82, 2.24) is 9.80 Å². The molecule has 0 bridgehead atoms. The third-order valence-electron chi connectivity index (χ3n) is 4.04. The Bertz CT molecular complexity index is 521. The summed E-state index contributed by atoms with van der Waals surface area (Å²) in [5.74, 6) is -0.0479. The number of hydrogen-bond donors (Lipinski definition) is 2. The van der Waals surface area contributed by atoms with E-state index in [0.717, 1.165) is 5.56 Å². The fourth-order valence-corrected chi connectivity index (χ4v) is 2.94. The highest BCUT2D eigenvalue weighted by molar-refractivity contribution is 6.30. The van der Waals surface area contributed by atoms with Gasteiger partial charge in [0.05, 0.1) is 6.42 Å². The summed E-state index contributed by atoms with van der Waals surface area (Å²) in [6, 6.07) is 7.15. The van der Waals surface area contributed by atoms with Crippen LogP contribution in [0.2, 0.25) is 5.02 Å². The SMILES string of the molecule is CN(C)C[C@@]1(O)CCN(C(=O)Cc2ccc(Cl)cc2)C[C@@H]1O. The van der Waals surface area contributed by atoms with Crippen LogP contribution in [0.25, 0.3) is 0 Å². The standard InChI is InChI=1S/C16H23ClN2O3/c1-18(2)11-16(22)7-8-19(10-14(16)20)15(21)9-12-3-5-13(17)6-4-12/h3-6,14,20,22H,7-11H2,1-2H3/t14-,16-/m0/s1. The minimum absolute atomic E-state index is 0.0479. The van der Waals surface area contributed by atoms with Crippen molar-refractivity contribution in [2.45, 2.75) is 24.5 Å². The second-order valence-corrected chi connectivity index (χ2v) is 6.69. The third-order valence-corrected chi connectivity index (χ3v) is 4.29. The lowest BCUT2D eigenvalue weighted by Gasteiger charge is -2.43. The van der Waals surface area contributed by atoms with Crippen LogP contribution in [0, 0.1) is 0 Å². The molecule has 2 atom stereocenters. The number of aliphatic hydroxyl groups excluding tert-OH is 1. The van der Waals surface area contributed by atoms with E-state index in [-0.39, 0.29) is 18.9 Å². The molecule has 1 aromatic carbocycles. The zero-order chi connectivity index (χ0) is 16.3. The normalized spacial score (nSPS) is 25.5. The molecule has 2 N–H and O–H groups in total. The number of hydrogen-bond acceptors (Lipinski definition) is 4. The quantitative estimate of drug-likeness (QED) is 0.858. The molecule has 5 nitrogen and oxygen atoms in total. The number of halogens is 1. The Labute approximate surface area is 136 Å². The molecule has 1 amide bonds. The fraction of sp³-hybridized carbons (Fsp3) is 0.562. The Hall–Kier alpha value is -1.14. The lowest BCUT2D eigenvalue weighted by Crippen LogP contribution is -2.60. The molecule has 122 valence electrons. The van der Waals surface area contributed by atoms with E-state index in [1.807, 2.05) is 31.1 Å². The van der Waals surface area contributed by atoms with Gasteiger partial charge >= 0.3 is 0 Å². The van der Waals surface area contributed by atoms with Crippen molar-refractivity contribution in [2.75, 3.05) is 33.7 Å². The number of β-amino-alcohol motifs (C(OH)–C–C–N with tert-alkyl or cyclic N) is 1. The van der Waals surface area contributed by atoms with E-state index in [2.05, 4.69) is 0 Å². The average Bonchev–Trinajstić information content (AvgIpc) is 2.43. The molecular weight excluding hydrogens is 304 g/mol. The maximum atomic E-state index is 12.3. The zero-order valence-electron chi connectivity index (χ0n) is 13.0. The monoisotopic (exact) mass is 326 g/mol. The van der Waals surface area contributed by atoms with Crippen LogP contribution in [0.3, 0.4) is 0 Å². The molecule has 1 fully saturated rings. The lowest BCUT2D eigenvalue weighted by molar-refractivity contribution is -0.151. The van der Waals surface area contributed by atoms with Gasteiger partial charge in [0.2, 0.25) is 5.91 Å². The molecule has 0 aliphatic carbocycles. The fourth-order valence-electron chi connectivity index (χ4n) is 2.81. The average molecular weight is 327 g/mol. The summed E-state index contributed by atoms with van der Waals surface area (Å²) >= 11 is 5.83. The summed E-state index contributed by atoms with van der Waals surface area (Å²) in [4.78, 5) is 15.8. The minimum Gasteiger partial charge on any atom is -0.388 e. The Balaban J connectivity index is 1.95. The van der Waals surface area contributed by atoms with Crippen LogP contribution in [0.5, 0.6) is 0 Å². The van der Waals surface area contributed by atoms with Crippen LogP contribution in [0.15, 0.2) is 24.3 Å². The lowest BCUT2D eigenvalue weighted by atomic mass is 9.88. The molecule has 0 unspecified atom stereocenters. The van der Waals surface area contributed by atoms with Gasteiger partial charge in [0.15, 0.2) is 0 Å². The largest absolute Gasteiger partial charge is 0.388 e. The van der Waals surface area contributed by atoms with E-state index >= 15 is 0 Å². The van der Waals surface area contributed by atoms with Crippen molar-refractivity contribution < 1.29 is 15.0 Å². The van der Waals surface area contributed by atoms with Gasteiger partial charge in [-0.15, -0.1) is 0 Å². The van der Waals surface area contributed by atoms with Gasteiger partial charge < -0.3 is 20.0 Å². The first-order chi connectivity index (χ1) is 10.3. The van der Waals surface area contributed by atoms with Crippen molar-refractivity contribution in [3.8, 4) is 0 Å². The molecule has 1 saturated heterocycles. The molecule has 2 rings (SSSR count). The predicted octanol–water partition coefficient (Wildman–Crippen LogP) is 0.768. The van der Waals surface area contributed by atoms with Crippen LogP contribution < -0.4 is 0 Å². The van der Waals surface area contributed by atoms with Crippen molar-refractivity contribution in [3.63, 3.8) is 0 Å². The second kappa shape index (κ2) is 6.96. The summed E-state index contributed by atoms with van der Waals surface area (Å²) in [5.41, 5.74) is -0.265. The number of amides is 1. The summed E-state index contributed by atoms with van der Waals surface area (Å²) in [7, 11) is 3.70. The minimum atomic E-state index is -1.15. The van der Waals surface area contributed by atoms with Crippen molar-refractivity contribution >= 4 is 17.5 Å². The number of benzene rings is 1. The molecule has 1 aliphatic heterocycles. The van der Waals surface area contributed by atoms with Crippen LogP contribution in [-0.2, 0) is 11.2 Å². The molecule has 0 radical (unpaired) electrons. The zero-order valence-corrected chi connectivity index (χ0v) is 13.8. The number of likely N-dealkylation sites (tertiary alicyclic amines) is 1. The van der Waals surface area contributed by atoms with Gasteiger partial charge in [0.1, 0.15) is 11.7 Å². The van der Waals surface area contributed by atoms with Gasteiger partial charge in [0.25, 0.3) is 0 Å².